The van der Waals surface area contributed by atoms with Gasteiger partial charge in [0.1, 0.15) is 5.60 Å². The highest BCUT2D eigenvalue weighted by Crippen LogP contribution is 2.11. The van der Waals surface area contributed by atoms with Gasteiger partial charge in [-0.25, -0.2) is 4.79 Å². The van der Waals surface area contributed by atoms with Crippen molar-refractivity contribution in [1.29, 1.82) is 0 Å². The number of hydrogen-bond donors (Lipinski definition) is 1. The first-order chi connectivity index (χ1) is 7.40. The number of ether oxygens (including phenoxy) is 1. The molecular formula is C12H24N2O2. The van der Waals surface area contributed by atoms with Crippen molar-refractivity contribution in [3.05, 3.63) is 0 Å². The number of nitrogens with zero attached hydrogens (tertiary/aromatic N) is 1. The lowest BCUT2D eigenvalue weighted by molar-refractivity contribution is 0.0506. The van der Waals surface area contributed by atoms with E-state index in [9.17, 15) is 4.79 Å². The summed E-state index contributed by atoms with van der Waals surface area (Å²) < 4.78 is 5.23. The summed E-state index contributed by atoms with van der Waals surface area (Å²) in [4.78, 5) is 13.9. The van der Waals surface area contributed by atoms with Crippen LogP contribution in [0.4, 0.5) is 4.79 Å². The van der Waals surface area contributed by atoms with E-state index in [0.29, 0.717) is 0 Å². The lowest BCUT2D eigenvalue weighted by Crippen LogP contribution is -2.40. The first kappa shape index (κ1) is 13.3. The molecule has 0 unspecified atom stereocenters. The van der Waals surface area contributed by atoms with E-state index in [0.717, 1.165) is 26.1 Å². The molecule has 0 radical (unpaired) electrons. The molecule has 1 heterocycles. The van der Waals surface area contributed by atoms with Gasteiger partial charge in [0.05, 0.1) is 0 Å². The zero-order valence-corrected chi connectivity index (χ0v) is 10.9. The van der Waals surface area contributed by atoms with Crippen molar-refractivity contribution in [3.63, 3.8) is 0 Å². The first-order valence-electron chi connectivity index (χ1n) is 6.12. The van der Waals surface area contributed by atoms with Gasteiger partial charge in [-0.1, -0.05) is 6.92 Å². The average molecular weight is 228 g/mol. The highest BCUT2D eigenvalue weighted by atomic mass is 16.6. The Kier molecular flexibility index (Phi) is 4.59. The molecule has 0 aromatic carbocycles. The van der Waals surface area contributed by atoms with E-state index in [4.69, 9.17) is 4.74 Å². The number of hydrogen-bond acceptors (Lipinski definition) is 3. The van der Waals surface area contributed by atoms with E-state index in [-0.39, 0.29) is 12.1 Å². The molecule has 0 aromatic rings. The lowest BCUT2D eigenvalue weighted by atomic mass is 10.2. The second-order valence-corrected chi connectivity index (χ2v) is 5.43. The van der Waals surface area contributed by atoms with Crippen LogP contribution in [-0.4, -0.2) is 42.3 Å². The highest BCUT2D eigenvalue weighted by Gasteiger charge is 2.25. The Bertz CT molecular complexity index is 236. The summed E-state index contributed by atoms with van der Waals surface area (Å²) in [5, 5.41) is 2.92. The van der Waals surface area contributed by atoms with E-state index in [1.165, 1.54) is 6.42 Å². The van der Waals surface area contributed by atoms with Gasteiger partial charge in [-0.2, -0.15) is 0 Å². The molecule has 0 saturated carbocycles. The van der Waals surface area contributed by atoms with Gasteiger partial charge in [-0.05, 0) is 40.2 Å². The Balaban J connectivity index is 2.26. The van der Waals surface area contributed by atoms with E-state index < -0.39 is 5.60 Å². The summed E-state index contributed by atoms with van der Waals surface area (Å²) in [6, 6.07) is 0.251. The SMILES string of the molecule is CCCN1CC[C@H](NC(=O)OC(C)(C)C)C1. The summed E-state index contributed by atoms with van der Waals surface area (Å²) in [7, 11) is 0. The van der Waals surface area contributed by atoms with Crippen LogP contribution < -0.4 is 5.32 Å². The quantitative estimate of drug-likeness (QED) is 0.803. The van der Waals surface area contributed by atoms with Crippen LogP contribution in [0.3, 0.4) is 0 Å². The van der Waals surface area contributed by atoms with Crippen molar-refractivity contribution in [2.45, 2.75) is 52.2 Å². The Labute approximate surface area is 98.3 Å². The van der Waals surface area contributed by atoms with Gasteiger partial charge in [0.15, 0.2) is 0 Å². The molecular weight excluding hydrogens is 204 g/mol. The maximum absolute atomic E-state index is 11.5. The first-order valence-corrected chi connectivity index (χ1v) is 6.12. The fourth-order valence-corrected chi connectivity index (χ4v) is 1.94. The molecule has 0 bridgehead atoms. The molecule has 0 aromatic heterocycles. The van der Waals surface area contributed by atoms with Crippen molar-refractivity contribution >= 4 is 6.09 Å². The molecule has 1 atom stereocenters. The average Bonchev–Trinajstić information content (AvgIpc) is 2.49. The van der Waals surface area contributed by atoms with Crippen LogP contribution in [0.25, 0.3) is 0 Å². The van der Waals surface area contributed by atoms with Crippen molar-refractivity contribution in [1.82, 2.24) is 10.2 Å². The predicted octanol–water partition coefficient (Wildman–Crippen LogP) is 2.00. The largest absolute Gasteiger partial charge is 0.444 e. The molecule has 0 aliphatic carbocycles. The maximum atomic E-state index is 11.5. The van der Waals surface area contributed by atoms with Crippen LogP contribution in [0.15, 0.2) is 0 Å². The van der Waals surface area contributed by atoms with Crippen molar-refractivity contribution < 1.29 is 9.53 Å². The standard InChI is InChI=1S/C12H24N2O2/c1-5-7-14-8-6-10(9-14)13-11(15)16-12(2,3)4/h10H,5-9H2,1-4H3,(H,13,15)/t10-/m0/s1. The minimum atomic E-state index is -0.411. The van der Waals surface area contributed by atoms with Gasteiger partial charge in [-0.15, -0.1) is 0 Å². The second kappa shape index (κ2) is 5.53. The number of carbonyl (C=O) groups excluding carboxylic acids is 1. The number of carbonyl (C=O) groups is 1. The predicted molar refractivity (Wildman–Crippen MR) is 64.5 cm³/mol. The van der Waals surface area contributed by atoms with Crippen molar-refractivity contribution in [3.8, 4) is 0 Å². The lowest BCUT2D eigenvalue weighted by Gasteiger charge is -2.22. The summed E-state index contributed by atoms with van der Waals surface area (Å²) in [6.45, 7) is 11.0. The third-order valence-corrected chi connectivity index (χ3v) is 2.53. The molecule has 4 heteroatoms. The normalized spacial score (nSPS) is 22.1. The van der Waals surface area contributed by atoms with Gasteiger partial charge in [-0.3, -0.25) is 0 Å². The fraction of sp³-hybridized carbons (Fsp3) is 0.917. The van der Waals surface area contributed by atoms with Crippen molar-refractivity contribution in [2.75, 3.05) is 19.6 Å². The number of likely N-dealkylation sites (tertiary alicyclic amines) is 1. The molecule has 4 nitrogen and oxygen atoms in total. The molecule has 1 aliphatic rings. The second-order valence-electron chi connectivity index (χ2n) is 5.43. The van der Waals surface area contributed by atoms with E-state index in [1.54, 1.807) is 0 Å². The van der Waals surface area contributed by atoms with E-state index in [1.807, 2.05) is 20.8 Å². The monoisotopic (exact) mass is 228 g/mol. The highest BCUT2D eigenvalue weighted by molar-refractivity contribution is 5.68. The molecule has 1 fully saturated rings. The molecule has 1 rings (SSSR count). The number of nitrogens with one attached hydrogen (secondary N) is 1. The van der Waals surface area contributed by atoms with E-state index in [2.05, 4.69) is 17.1 Å². The summed E-state index contributed by atoms with van der Waals surface area (Å²) in [6.07, 6.45) is 1.90. The third-order valence-electron chi connectivity index (χ3n) is 2.53. The van der Waals surface area contributed by atoms with Crippen LogP contribution in [-0.2, 0) is 4.74 Å². The number of amides is 1. The topological polar surface area (TPSA) is 41.6 Å². The Hall–Kier alpha value is -0.770. The van der Waals surface area contributed by atoms with Crippen LogP contribution in [0, 0.1) is 0 Å². The zero-order valence-electron chi connectivity index (χ0n) is 10.9. The number of rotatable bonds is 3. The minimum Gasteiger partial charge on any atom is -0.444 e. The Morgan fingerprint density at radius 3 is 2.75 bits per heavy atom. The Morgan fingerprint density at radius 2 is 2.19 bits per heavy atom. The molecule has 16 heavy (non-hydrogen) atoms. The molecule has 1 aliphatic heterocycles. The van der Waals surface area contributed by atoms with Crippen molar-refractivity contribution in [2.24, 2.45) is 0 Å². The van der Waals surface area contributed by atoms with Crippen LogP contribution in [0.2, 0.25) is 0 Å². The van der Waals surface area contributed by atoms with Crippen LogP contribution in [0.5, 0.6) is 0 Å². The zero-order chi connectivity index (χ0) is 12.2. The molecule has 94 valence electrons. The van der Waals surface area contributed by atoms with Gasteiger partial charge in [0.2, 0.25) is 0 Å². The van der Waals surface area contributed by atoms with Gasteiger partial charge in [0, 0.05) is 19.1 Å². The minimum absolute atomic E-state index is 0.251. The van der Waals surface area contributed by atoms with Gasteiger partial charge < -0.3 is 15.0 Å². The third kappa shape index (κ3) is 4.84. The maximum Gasteiger partial charge on any atom is 0.407 e. The van der Waals surface area contributed by atoms with Gasteiger partial charge >= 0.3 is 6.09 Å². The fourth-order valence-electron chi connectivity index (χ4n) is 1.94. The van der Waals surface area contributed by atoms with E-state index >= 15 is 0 Å². The summed E-state index contributed by atoms with van der Waals surface area (Å²) in [5.74, 6) is 0. The Morgan fingerprint density at radius 1 is 1.50 bits per heavy atom. The molecule has 1 amide bonds. The molecule has 1 saturated heterocycles. The molecule has 1 N–H and O–H groups in total. The summed E-state index contributed by atoms with van der Waals surface area (Å²) in [5.41, 5.74) is -0.411. The van der Waals surface area contributed by atoms with Crippen LogP contribution >= 0.6 is 0 Å². The summed E-state index contributed by atoms with van der Waals surface area (Å²) >= 11 is 0. The molecule has 0 spiro atoms. The smallest absolute Gasteiger partial charge is 0.407 e. The number of alkyl carbamates (subject to hydrolysis) is 1. The van der Waals surface area contributed by atoms with Crippen LogP contribution in [0.1, 0.15) is 40.5 Å². The van der Waals surface area contributed by atoms with Gasteiger partial charge in [0.25, 0.3) is 0 Å².